The molecule has 6 nitrogen and oxygen atoms in total. The molecule has 3 aromatic rings. The normalized spacial score (nSPS) is 15.7. The smallest absolute Gasteiger partial charge is 0.251 e. The minimum atomic E-state index is -0.0931. The van der Waals surface area contributed by atoms with Crippen LogP contribution in [0, 0.1) is 5.92 Å². The number of aromatic nitrogens is 3. The van der Waals surface area contributed by atoms with Gasteiger partial charge < -0.3 is 5.32 Å². The van der Waals surface area contributed by atoms with Crippen LogP contribution in [0.5, 0.6) is 0 Å². The lowest BCUT2D eigenvalue weighted by atomic mass is 9.99. The lowest BCUT2D eigenvalue weighted by Crippen LogP contribution is -2.32. The maximum Gasteiger partial charge on any atom is 0.251 e. The van der Waals surface area contributed by atoms with E-state index >= 15 is 0 Å². The van der Waals surface area contributed by atoms with Crippen LogP contribution in [0.2, 0.25) is 0 Å². The highest BCUT2D eigenvalue weighted by atomic mass is 16.1. The Balaban J connectivity index is 1.32. The van der Waals surface area contributed by atoms with Crippen molar-refractivity contribution in [2.45, 2.75) is 46.3 Å². The molecule has 2 aromatic carbocycles. The third-order valence-corrected chi connectivity index (χ3v) is 5.83. The molecule has 152 valence electrons. The standard InChI is InChI=1S/C23H29N5O/c1-3-28-22-9-8-20(14-21(22)25-26-28)23(29)24-15-18-4-6-19(7-5-18)16-27-12-10-17(2)11-13-27/h4-9,14,17H,3,10-13,15-16H2,1-2H3,(H,24,29). The first-order chi connectivity index (χ1) is 14.1. The zero-order valence-corrected chi connectivity index (χ0v) is 17.3. The second kappa shape index (κ2) is 8.74. The molecular weight excluding hydrogens is 362 g/mol. The van der Waals surface area contributed by atoms with Gasteiger partial charge in [0.15, 0.2) is 0 Å². The van der Waals surface area contributed by atoms with E-state index < -0.39 is 0 Å². The van der Waals surface area contributed by atoms with Gasteiger partial charge in [-0.2, -0.15) is 0 Å². The highest BCUT2D eigenvalue weighted by molar-refractivity contribution is 5.97. The number of carbonyl (C=O) groups excluding carboxylic acids is 1. The van der Waals surface area contributed by atoms with Gasteiger partial charge in [0.1, 0.15) is 5.52 Å². The Hall–Kier alpha value is -2.73. The largest absolute Gasteiger partial charge is 0.348 e. The Kier molecular flexibility index (Phi) is 5.90. The summed E-state index contributed by atoms with van der Waals surface area (Å²) in [6, 6.07) is 14.1. The van der Waals surface area contributed by atoms with E-state index in [1.807, 2.05) is 23.7 Å². The fraction of sp³-hybridized carbons (Fsp3) is 0.435. The van der Waals surface area contributed by atoms with E-state index in [0.29, 0.717) is 12.1 Å². The fourth-order valence-electron chi connectivity index (χ4n) is 3.87. The first-order valence-electron chi connectivity index (χ1n) is 10.5. The predicted octanol–water partition coefficient (Wildman–Crippen LogP) is 3.61. The van der Waals surface area contributed by atoms with Crippen LogP contribution < -0.4 is 5.32 Å². The molecule has 0 atom stereocenters. The molecule has 1 fully saturated rings. The molecule has 6 heteroatoms. The highest BCUT2D eigenvalue weighted by Crippen LogP contribution is 2.18. The maximum atomic E-state index is 12.5. The van der Waals surface area contributed by atoms with Crippen molar-refractivity contribution in [3.63, 3.8) is 0 Å². The Labute approximate surface area is 171 Å². The Morgan fingerprint density at radius 3 is 2.55 bits per heavy atom. The molecule has 0 saturated carbocycles. The predicted molar refractivity (Wildman–Crippen MR) is 114 cm³/mol. The zero-order chi connectivity index (χ0) is 20.2. The average molecular weight is 392 g/mol. The van der Waals surface area contributed by atoms with Crippen molar-refractivity contribution in [3.8, 4) is 0 Å². The van der Waals surface area contributed by atoms with Crippen molar-refractivity contribution in [1.29, 1.82) is 0 Å². The van der Waals surface area contributed by atoms with Crippen LogP contribution in [0.3, 0.4) is 0 Å². The van der Waals surface area contributed by atoms with E-state index in [0.717, 1.165) is 35.6 Å². The fourth-order valence-corrected chi connectivity index (χ4v) is 3.87. The van der Waals surface area contributed by atoms with Crippen molar-refractivity contribution in [3.05, 3.63) is 59.2 Å². The minimum absolute atomic E-state index is 0.0931. The number of benzene rings is 2. The number of fused-ring (bicyclic) bond motifs is 1. The van der Waals surface area contributed by atoms with Crippen LogP contribution in [0.15, 0.2) is 42.5 Å². The van der Waals surface area contributed by atoms with E-state index in [9.17, 15) is 4.79 Å². The van der Waals surface area contributed by atoms with Gasteiger partial charge in [-0.3, -0.25) is 9.69 Å². The van der Waals surface area contributed by atoms with Crippen LogP contribution in [0.1, 0.15) is 48.2 Å². The molecule has 1 aliphatic heterocycles. The van der Waals surface area contributed by atoms with Gasteiger partial charge in [0.2, 0.25) is 0 Å². The van der Waals surface area contributed by atoms with E-state index in [4.69, 9.17) is 0 Å². The molecule has 1 N–H and O–H groups in total. The van der Waals surface area contributed by atoms with Gasteiger partial charge in [-0.05, 0) is 68.1 Å². The summed E-state index contributed by atoms with van der Waals surface area (Å²) < 4.78 is 1.82. The summed E-state index contributed by atoms with van der Waals surface area (Å²) >= 11 is 0. The summed E-state index contributed by atoms with van der Waals surface area (Å²) in [7, 11) is 0. The number of likely N-dealkylation sites (tertiary alicyclic amines) is 1. The van der Waals surface area contributed by atoms with Gasteiger partial charge in [-0.25, -0.2) is 4.68 Å². The third-order valence-electron chi connectivity index (χ3n) is 5.83. The Morgan fingerprint density at radius 1 is 1.10 bits per heavy atom. The quantitative estimate of drug-likeness (QED) is 0.697. The third kappa shape index (κ3) is 4.65. The molecule has 0 aliphatic carbocycles. The van der Waals surface area contributed by atoms with E-state index in [2.05, 4.69) is 51.7 Å². The second-order valence-corrected chi connectivity index (χ2v) is 8.07. The zero-order valence-electron chi connectivity index (χ0n) is 17.3. The molecule has 4 rings (SSSR count). The number of nitrogens with one attached hydrogen (secondary N) is 1. The van der Waals surface area contributed by atoms with Crippen molar-refractivity contribution in [1.82, 2.24) is 25.2 Å². The first-order valence-corrected chi connectivity index (χ1v) is 10.5. The number of hydrogen-bond acceptors (Lipinski definition) is 4. The summed E-state index contributed by atoms with van der Waals surface area (Å²) in [5, 5.41) is 11.2. The molecule has 0 radical (unpaired) electrons. The second-order valence-electron chi connectivity index (χ2n) is 8.07. The number of rotatable bonds is 6. The van der Waals surface area contributed by atoms with E-state index in [1.54, 1.807) is 6.07 Å². The summed E-state index contributed by atoms with van der Waals surface area (Å²) in [6.45, 7) is 9.03. The highest BCUT2D eigenvalue weighted by Gasteiger charge is 2.15. The molecule has 0 bridgehead atoms. The summed E-state index contributed by atoms with van der Waals surface area (Å²) in [6.07, 6.45) is 2.59. The van der Waals surface area contributed by atoms with E-state index in [1.165, 1.54) is 31.5 Å². The van der Waals surface area contributed by atoms with Crippen molar-refractivity contribution in [2.75, 3.05) is 13.1 Å². The van der Waals surface area contributed by atoms with E-state index in [-0.39, 0.29) is 5.91 Å². The Bertz CT molecular complexity index is 971. The number of aryl methyl sites for hydroxylation is 1. The number of piperidine rings is 1. The summed E-state index contributed by atoms with van der Waals surface area (Å²) in [5.74, 6) is 0.765. The van der Waals surface area contributed by atoms with Crippen LogP contribution in [-0.2, 0) is 19.6 Å². The van der Waals surface area contributed by atoms with Crippen LogP contribution in [0.4, 0.5) is 0 Å². The molecule has 29 heavy (non-hydrogen) atoms. The van der Waals surface area contributed by atoms with Gasteiger partial charge in [0, 0.05) is 25.2 Å². The number of carbonyl (C=O) groups is 1. The van der Waals surface area contributed by atoms with Crippen LogP contribution >= 0.6 is 0 Å². The molecule has 1 amide bonds. The molecule has 1 aromatic heterocycles. The topological polar surface area (TPSA) is 63.1 Å². The summed E-state index contributed by atoms with van der Waals surface area (Å²) in [5.41, 5.74) is 4.74. The SMILES string of the molecule is CCn1nnc2cc(C(=O)NCc3ccc(CN4CCC(C)CC4)cc3)ccc21. The molecule has 1 saturated heterocycles. The maximum absolute atomic E-state index is 12.5. The van der Waals surface area contributed by atoms with Gasteiger partial charge in [-0.15, -0.1) is 5.10 Å². The minimum Gasteiger partial charge on any atom is -0.348 e. The van der Waals surface area contributed by atoms with Crippen molar-refractivity contribution < 1.29 is 4.79 Å². The summed E-state index contributed by atoms with van der Waals surface area (Å²) in [4.78, 5) is 15.1. The lowest BCUT2D eigenvalue weighted by molar-refractivity contribution is 0.0951. The monoisotopic (exact) mass is 391 g/mol. The molecule has 2 heterocycles. The van der Waals surface area contributed by atoms with Crippen molar-refractivity contribution in [2.24, 2.45) is 5.92 Å². The number of amides is 1. The molecule has 1 aliphatic rings. The molecule has 0 spiro atoms. The Morgan fingerprint density at radius 2 is 1.83 bits per heavy atom. The average Bonchev–Trinajstić information content (AvgIpc) is 3.17. The number of hydrogen-bond donors (Lipinski definition) is 1. The van der Waals surface area contributed by atoms with Crippen molar-refractivity contribution >= 4 is 16.9 Å². The van der Waals surface area contributed by atoms with Gasteiger partial charge in [-0.1, -0.05) is 36.4 Å². The molecule has 0 unspecified atom stereocenters. The van der Waals surface area contributed by atoms with Gasteiger partial charge in [0.05, 0.1) is 5.52 Å². The van der Waals surface area contributed by atoms with Gasteiger partial charge >= 0.3 is 0 Å². The first kappa shape index (κ1) is 19.6. The number of nitrogens with zero attached hydrogens (tertiary/aromatic N) is 4. The van der Waals surface area contributed by atoms with Gasteiger partial charge in [0.25, 0.3) is 5.91 Å². The lowest BCUT2D eigenvalue weighted by Gasteiger charge is -2.30. The van der Waals surface area contributed by atoms with Crippen LogP contribution in [0.25, 0.3) is 11.0 Å². The van der Waals surface area contributed by atoms with Crippen LogP contribution in [-0.4, -0.2) is 38.9 Å². The molecular formula is C23H29N5O.